The molecule has 0 aliphatic carbocycles. The van der Waals surface area contributed by atoms with Crippen LogP contribution in [0.1, 0.15) is 5.56 Å². The third-order valence-electron chi connectivity index (χ3n) is 3.17. The van der Waals surface area contributed by atoms with Gasteiger partial charge in [-0.25, -0.2) is 0 Å². The minimum atomic E-state index is 0.638. The third-order valence-corrected chi connectivity index (χ3v) is 3.61. The van der Waals surface area contributed by atoms with E-state index in [0.29, 0.717) is 10.0 Å². The molecule has 0 spiro atoms. The summed E-state index contributed by atoms with van der Waals surface area (Å²) in [6, 6.07) is 20.3. The summed E-state index contributed by atoms with van der Waals surface area (Å²) >= 11 is 12.0. The smallest absolute Gasteiger partial charge is 0.0441 e. The largest absolute Gasteiger partial charge is 0.381 e. The van der Waals surface area contributed by atoms with Crippen molar-refractivity contribution < 1.29 is 0 Å². The lowest BCUT2D eigenvalue weighted by Gasteiger charge is -2.08. The first kappa shape index (κ1) is 13.3. The quantitative estimate of drug-likeness (QED) is 0.648. The van der Waals surface area contributed by atoms with E-state index >= 15 is 0 Å². The van der Waals surface area contributed by atoms with Gasteiger partial charge in [-0.1, -0.05) is 59.6 Å². The van der Waals surface area contributed by atoms with E-state index < -0.39 is 0 Å². The first-order valence-corrected chi connectivity index (χ1v) is 7.14. The molecule has 0 saturated heterocycles. The molecule has 0 saturated carbocycles. The van der Waals surface area contributed by atoms with Crippen LogP contribution < -0.4 is 5.32 Å². The van der Waals surface area contributed by atoms with Crippen LogP contribution in [0.15, 0.2) is 60.7 Å². The number of hydrogen-bond donors (Lipinski definition) is 1. The maximum Gasteiger partial charge on any atom is 0.0441 e. The zero-order chi connectivity index (χ0) is 13.9. The monoisotopic (exact) mass is 301 g/mol. The van der Waals surface area contributed by atoms with Crippen molar-refractivity contribution in [2.75, 3.05) is 5.32 Å². The molecule has 0 radical (unpaired) electrons. The van der Waals surface area contributed by atoms with Crippen LogP contribution in [-0.4, -0.2) is 0 Å². The highest BCUT2D eigenvalue weighted by atomic mass is 35.5. The molecule has 3 rings (SSSR count). The Labute approximate surface area is 128 Å². The maximum absolute atomic E-state index is 5.99. The van der Waals surface area contributed by atoms with E-state index in [1.165, 1.54) is 16.3 Å². The van der Waals surface area contributed by atoms with Crippen LogP contribution in [0.3, 0.4) is 0 Å². The molecule has 0 atom stereocenters. The summed E-state index contributed by atoms with van der Waals surface area (Å²) in [4.78, 5) is 0. The lowest BCUT2D eigenvalue weighted by atomic mass is 10.1. The van der Waals surface area contributed by atoms with Gasteiger partial charge in [-0.2, -0.15) is 0 Å². The molecule has 3 aromatic carbocycles. The molecule has 0 amide bonds. The number of benzene rings is 3. The Balaban J connectivity index is 1.79. The summed E-state index contributed by atoms with van der Waals surface area (Å²) < 4.78 is 0. The lowest BCUT2D eigenvalue weighted by Crippen LogP contribution is -1.99. The molecule has 0 unspecified atom stereocenters. The van der Waals surface area contributed by atoms with Crippen LogP contribution >= 0.6 is 23.2 Å². The fourth-order valence-corrected chi connectivity index (χ4v) is 2.73. The Morgan fingerprint density at radius 1 is 0.750 bits per heavy atom. The molecule has 0 heterocycles. The van der Waals surface area contributed by atoms with Gasteiger partial charge in [0, 0.05) is 22.3 Å². The van der Waals surface area contributed by atoms with Gasteiger partial charge < -0.3 is 5.32 Å². The van der Waals surface area contributed by atoms with Gasteiger partial charge in [-0.15, -0.1) is 0 Å². The second-order valence-electron chi connectivity index (χ2n) is 4.69. The van der Waals surface area contributed by atoms with E-state index in [-0.39, 0.29) is 0 Å². The fourth-order valence-electron chi connectivity index (χ4n) is 2.21. The Morgan fingerprint density at radius 3 is 2.20 bits per heavy atom. The van der Waals surface area contributed by atoms with Gasteiger partial charge in [-0.3, -0.25) is 0 Å². The van der Waals surface area contributed by atoms with Gasteiger partial charge in [-0.05, 0) is 40.6 Å². The molecular formula is C17H13Cl2N. The van der Waals surface area contributed by atoms with Crippen molar-refractivity contribution in [2.45, 2.75) is 6.54 Å². The lowest BCUT2D eigenvalue weighted by molar-refractivity contribution is 1.16. The van der Waals surface area contributed by atoms with Crippen LogP contribution in [0, 0.1) is 0 Å². The molecule has 0 aliphatic rings. The zero-order valence-electron chi connectivity index (χ0n) is 10.7. The molecule has 3 aromatic rings. The third kappa shape index (κ3) is 3.06. The molecule has 0 aliphatic heterocycles. The van der Waals surface area contributed by atoms with E-state index in [2.05, 4.69) is 41.7 Å². The topological polar surface area (TPSA) is 12.0 Å². The maximum atomic E-state index is 5.99. The molecule has 20 heavy (non-hydrogen) atoms. The van der Waals surface area contributed by atoms with Crippen molar-refractivity contribution >= 4 is 39.7 Å². The van der Waals surface area contributed by atoms with Crippen LogP contribution in [0.4, 0.5) is 5.69 Å². The van der Waals surface area contributed by atoms with E-state index in [0.717, 1.165) is 12.2 Å². The summed E-state index contributed by atoms with van der Waals surface area (Å²) in [5.41, 5.74) is 2.15. The van der Waals surface area contributed by atoms with E-state index in [9.17, 15) is 0 Å². The van der Waals surface area contributed by atoms with E-state index in [1.807, 2.05) is 18.2 Å². The molecule has 3 heteroatoms. The standard InChI is InChI=1S/C17H13Cl2N/c18-15-8-16(19)10-17(9-15)20-11-12-5-6-13-3-1-2-4-14(13)7-12/h1-10,20H,11H2. The average molecular weight is 302 g/mol. The fraction of sp³-hybridized carbons (Fsp3) is 0.0588. The molecular weight excluding hydrogens is 289 g/mol. The Hall–Kier alpha value is -1.70. The van der Waals surface area contributed by atoms with Crippen LogP contribution in [0.25, 0.3) is 10.8 Å². The van der Waals surface area contributed by atoms with Gasteiger partial charge >= 0.3 is 0 Å². The molecule has 1 nitrogen and oxygen atoms in total. The SMILES string of the molecule is Clc1cc(Cl)cc(NCc2ccc3ccccc3c2)c1. The van der Waals surface area contributed by atoms with Crippen LogP contribution in [-0.2, 0) is 6.54 Å². The summed E-state index contributed by atoms with van der Waals surface area (Å²) in [5.74, 6) is 0. The second-order valence-corrected chi connectivity index (χ2v) is 5.57. The Bertz CT molecular complexity index is 733. The zero-order valence-corrected chi connectivity index (χ0v) is 12.2. The predicted molar refractivity (Wildman–Crippen MR) is 87.7 cm³/mol. The van der Waals surface area contributed by atoms with Crippen molar-refractivity contribution in [1.29, 1.82) is 0 Å². The normalized spacial score (nSPS) is 10.7. The van der Waals surface area contributed by atoms with Crippen LogP contribution in [0.2, 0.25) is 10.0 Å². The number of anilines is 1. The number of halogens is 2. The van der Waals surface area contributed by atoms with E-state index in [1.54, 1.807) is 6.07 Å². The highest BCUT2D eigenvalue weighted by Gasteiger charge is 1.99. The summed E-state index contributed by atoms with van der Waals surface area (Å²) in [5, 5.41) is 7.11. The number of nitrogens with one attached hydrogen (secondary N) is 1. The van der Waals surface area contributed by atoms with Crippen LogP contribution in [0.5, 0.6) is 0 Å². The minimum absolute atomic E-state index is 0.638. The molecule has 0 aromatic heterocycles. The summed E-state index contributed by atoms with van der Waals surface area (Å²) in [6.07, 6.45) is 0. The number of rotatable bonds is 3. The van der Waals surface area contributed by atoms with Crippen molar-refractivity contribution in [3.05, 3.63) is 76.3 Å². The van der Waals surface area contributed by atoms with Gasteiger partial charge in [0.1, 0.15) is 0 Å². The first-order valence-electron chi connectivity index (χ1n) is 6.38. The van der Waals surface area contributed by atoms with Gasteiger partial charge in [0.2, 0.25) is 0 Å². The van der Waals surface area contributed by atoms with Crippen molar-refractivity contribution in [3.63, 3.8) is 0 Å². The van der Waals surface area contributed by atoms with E-state index in [4.69, 9.17) is 23.2 Å². The second kappa shape index (κ2) is 5.74. The predicted octanol–water partition coefficient (Wildman–Crippen LogP) is 5.76. The van der Waals surface area contributed by atoms with Crippen molar-refractivity contribution in [1.82, 2.24) is 0 Å². The Morgan fingerprint density at radius 2 is 1.45 bits per heavy atom. The summed E-state index contributed by atoms with van der Waals surface area (Å²) in [7, 11) is 0. The minimum Gasteiger partial charge on any atom is -0.381 e. The number of fused-ring (bicyclic) bond motifs is 1. The molecule has 0 bridgehead atoms. The Kier molecular flexibility index (Phi) is 3.81. The highest BCUT2D eigenvalue weighted by molar-refractivity contribution is 6.35. The van der Waals surface area contributed by atoms with Gasteiger partial charge in [0.15, 0.2) is 0 Å². The highest BCUT2D eigenvalue weighted by Crippen LogP contribution is 2.23. The summed E-state index contributed by atoms with van der Waals surface area (Å²) in [6.45, 7) is 0.738. The van der Waals surface area contributed by atoms with Crippen molar-refractivity contribution in [2.24, 2.45) is 0 Å². The van der Waals surface area contributed by atoms with Gasteiger partial charge in [0.25, 0.3) is 0 Å². The number of hydrogen-bond acceptors (Lipinski definition) is 1. The molecule has 100 valence electrons. The van der Waals surface area contributed by atoms with Crippen molar-refractivity contribution in [3.8, 4) is 0 Å². The molecule has 1 N–H and O–H groups in total. The van der Waals surface area contributed by atoms with Gasteiger partial charge in [0.05, 0.1) is 0 Å². The first-order chi connectivity index (χ1) is 9.70. The average Bonchev–Trinajstić information content (AvgIpc) is 2.44. The molecule has 0 fully saturated rings.